The first kappa shape index (κ1) is 18.7. The molecule has 158 valence electrons. The average molecular weight is 422 g/mol. The van der Waals surface area contributed by atoms with E-state index in [2.05, 4.69) is 54.3 Å². The van der Waals surface area contributed by atoms with E-state index in [1.165, 1.54) is 5.56 Å². The van der Waals surface area contributed by atoms with E-state index in [9.17, 15) is 0 Å². The number of nitrogens with two attached hydrogens (primary N) is 1. The average Bonchev–Trinajstić information content (AvgIpc) is 3.31. The molecule has 0 atom stereocenters. The fourth-order valence-corrected chi connectivity index (χ4v) is 4.45. The van der Waals surface area contributed by atoms with Crippen molar-refractivity contribution in [2.24, 2.45) is 7.05 Å². The summed E-state index contributed by atoms with van der Waals surface area (Å²) in [5.74, 6) is 0.278. The topological polar surface area (TPSA) is 111 Å². The zero-order chi connectivity index (χ0) is 21.9. The minimum absolute atomic E-state index is 0.120. The minimum Gasteiger partial charge on any atom is -0.368 e. The van der Waals surface area contributed by atoms with E-state index >= 15 is 0 Å². The van der Waals surface area contributed by atoms with Crippen LogP contribution in [0.2, 0.25) is 0 Å². The van der Waals surface area contributed by atoms with Crippen molar-refractivity contribution in [3.8, 4) is 22.4 Å². The van der Waals surface area contributed by atoms with Crippen molar-refractivity contribution in [2.75, 3.05) is 5.73 Å². The number of aryl methyl sites for hydroxylation is 2. The number of aromatic nitrogens is 7. The van der Waals surface area contributed by atoms with Crippen molar-refractivity contribution in [3.63, 3.8) is 0 Å². The van der Waals surface area contributed by atoms with Crippen LogP contribution in [0.4, 0.5) is 5.95 Å². The summed E-state index contributed by atoms with van der Waals surface area (Å²) in [6.45, 7) is 2.01. The Hall–Kier alpha value is -4.07. The molecule has 0 amide bonds. The number of nitrogens with one attached hydrogen (secondary N) is 1. The number of nitrogens with zero attached hydrogens (tertiary/aromatic N) is 6. The van der Waals surface area contributed by atoms with Gasteiger partial charge < -0.3 is 10.7 Å². The fraction of sp³-hybridized carbons (Fsp3) is 0.208. The maximum atomic E-state index is 6.19. The van der Waals surface area contributed by atoms with Crippen LogP contribution in [-0.2, 0) is 12.5 Å². The molecule has 5 heterocycles. The molecule has 0 saturated heterocycles. The van der Waals surface area contributed by atoms with Gasteiger partial charge in [0, 0.05) is 65.0 Å². The summed E-state index contributed by atoms with van der Waals surface area (Å²) >= 11 is 0. The monoisotopic (exact) mass is 422 g/mol. The zero-order valence-corrected chi connectivity index (χ0v) is 17.9. The molecule has 0 spiro atoms. The first-order valence-electron chi connectivity index (χ1n) is 10.6. The van der Waals surface area contributed by atoms with Gasteiger partial charge in [-0.15, -0.1) is 0 Å². The van der Waals surface area contributed by atoms with E-state index < -0.39 is 0 Å². The number of hydrogen-bond donors (Lipinski definition) is 2. The molecule has 0 radical (unpaired) electrons. The van der Waals surface area contributed by atoms with Crippen LogP contribution >= 0.6 is 0 Å². The molecule has 32 heavy (non-hydrogen) atoms. The third-order valence-corrected chi connectivity index (χ3v) is 6.28. The number of aromatic amines is 1. The Balaban J connectivity index is 1.47. The molecule has 0 unspecified atom stereocenters. The quantitative estimate of drug-likeness (QED) is 0.456. The second kappa shape index (κ2) is 6.71. The first-order valence-corrected chi connectivity index (χ1v) is 10.6. The van der Waals surface area contributed by atoms with Crippen molar-refractivity contribution in [2.45, 2.75) is 25.2 Å². The maximum Gasteiger partial charge on any atom is 0.220 e. The van der Waals surface area contributed by atoms with Gasteiger partial charge in [0.1, 0.15) is 5.65 Å². The standard InChI is InChI=1S/C24H22N8/c1-14-7-17(3-6-26-14)24(4-5-24)21-9-20(30-23(25)31-21)19-12-28-22-18(19)8-15(10-27-22)16-11-29-32(2)13-16/h3,6-13H,4-5H2,1-2H3,(H,27,28)(H2,25,30,31). The van der Waals surface area contributed by atoms with Gasteiger partial charge in [0.25, 0.3) is 0 Å². The van der Waals surface area contributed by atoms with E-state index in [0.29, 0.717) is 0 Å². The van der Waals surface area contributed by atoms with Gasteiger partial charge in [-0.05, 0) is 49.6 Å². The predicted octanol–water partition coefficient (Wildman–Crippen LogP) is 3.79. The zero-order valence-electron chi connectivity index (χ0n) is 17.9. The summed E-state index contributed by atoms with van der Waals surface area (Å²) in [6, 6.07) is 8.40. The second-order valence-electron chi connectivity index (χ2n) is 8.49. The van der Waals surface area contributed by atoms with Gasteiger partial charge in [0.2, 0.25) is 5.95 Å². The molecule has 1 aliphatic carbocycles. The molecule has 6 rings (SSSR count). The first-order chi connectivity index (χ1) is 15.5. The summed E-state index contributed by atoms with van der Waals surface area (Å²) < 4.78 is 1.78. The Morgan fingerprint density at radius 2 is 1.94 bits per heavy atom. The van der Waals surface area contributed by atoms with Gasteiger partial charge >= 0.3 is 0 Å². The van der Waals surface area contributed by atoms with Gasteiger partial charge in [-0.1, -0.05) is 0 Å². The molecule has 8 nitrogen and oxygen atoms in total. The highest BCUT2D eigenvalue weighted by molar-refractivity contribution is 5.95. The molecule has 0 aromatic carbocycles. The number of rotatable bonds is 4. The van der Waals surface area contributed by atoms with Crippen LogP contribution < -0.4 is 5.73 Å². The molecule has 0 bridgehead atoms. The Morgan fingerprint density at radius 1 is 1.06 bits per heavy atom. The highest BCUT2D eigenvalue weighted by atomic mass is 15.2. The third-order valence-electron chi connectivity index (χ3n) is 6.28. The number of hydrogen-bond acceptors (Lipinski definition) is 6. The Bertz CT molecular complexity index is 1470. The maximum absolute atomic E-state index is 6.19. The molecule has 8 heteroatoms. The molecule has 5 aromatic heterocycles. The van der Waals surface area contributed by atoms with E-state index in [1.54, 1.807) is 4.68 Å². The van der Waals surface area contributed by atoms with Crippen LogP contribution in [0.15, 0.2) is 55.2 Å². The van der Waals surface area contributed by atoms with Crippen LogP contribution in [0.1, 0.15) is 29.8 Å². The number of H-pyrrole nitrogens is 1. The normalized spacial score (nSPS) is 14.7. The lowest BCUT2D eigenvalue weighted by atomic mass is 9.91. The molecule has 3 N–H and O–H groups in total. The van der Waals surface area contributed by atoms with E-state index in [4.69, 9.17) is 5.73 Å². The minimum atomic E-state index is -0.120. The van der Waals surface area contributed by atoms with Crippen LogP contribution in [0.5, 0.6) is 0 Å². The van der Waals surface area contributed by atoms with E-state index in [-0.39, 0.29) is 11.4 Å². The van der Waals surface area contributed by atoms with Gasteiger partial charge in [-0.2, -0.15) is 5.10 Å². The molecular formula is C24H22N8. The van der Waals surface area contributed by atoms with E-state index in [0.717, 1.165) is 57.6 Å². The van der Waals surface area contributed by atoms with Gasteiger partial charge in [-0.3, -0.25) is 9.67 Å². The third kappa shape index (κ3) is 2.95. The predicted molar refractivity (Wildman–Crippen MR) is 123 cm³/mol. The lowest BCUT2D eigenvalue weighted by molar-refractivity contribution is 0.768. The van der Waals surface area contributed by atoms with E-state index in [1.807, 2.05) is 45.0 Å². The molecule has 1 aliphatic rings. The SMILES string of the molecule is Cc1cc(C2(c3cc(-c4c[nH]c5ncc(-c6cnn(C)c6)cc45)nc(N)n3)CC2)ccn1. The molecule has 0 aliphatic heterocycles. The number of fused-ring (bicyclic) bond motifs is 1. The molecular weight excluding hydrogens is 400 g/mol. The summed E-state index contributed by atoms with van der Waals surface area (Å²) in [5, 5.41) is 5.26. The number of nitrogen functional groups attached to an aromatic ring is 1. The summed E-state index contributed by atoms with van der Waals surface area (Å²) in [7, 11) is 1.90. The highest BCUT2D eigenvalue weighted by Gasteiger charge is 2.47. The summed E-state index contributed by atoms with van der Waals surface area (Å²) in [6.07, 6.45) is 11.5. The molecule has 5 aromatic rings. The van der Waals surface area contributed by atoms with Crippen molar-refractivity contribution in [3.05, 3.63) is 72.2 Å². The number of anilines is 1. The highest BCUT2D eigenvalue weighted by Crippen LogP contribution is 2.53. The molecule has 1 saturated carbocycles. The van der Waals surface area contributed by atoms with Gasteiger partial charge in [0.05, 0.1) is 17.6 Å². The number of pyridine rings is 2. The van der Waals surface area contributed by atoms with Crippen LogP contribution in [-0.4, -0.2) is 34.7 Å². The second-order valence-corrected chi connectivity index (χ2v) is 8.49. The van der Waals surface area contributed by atoms with Gasteiger partial charge in [-0.25, -0.2) is 15.0 Å². The molecule has 1 fully saturated rings. The summed E-state index contributed by atoms with van der Waals surface area (Å²) in [5.41, 5.74) is 13.8. The fourth-order valence-electron chi connectivity index (χ4n) is 4.45. The van der Waals surface area contributed by atoms with Crippen molar-refractivity contribution >= 4 is 17.0 Å². The van der Waals surface area contributed by atoms with Crippen molar-refractivity contribution < 1.29 is 0 Å². The largest absolute Gasteiger partial charge is 0.368 e. The Kier molecular flexibility index (Phi) is 3.92. The lowest BCUT2D eigenvalue weighted by Crippen LogP contribution is -2.14. The Morgan fingerprint density at radius 3 is 2.69 bits per heavy atom. The smallest absolute Gasteiger partial charge is 0.220 e. The lowest BCUT2D eigenvalue weighted by Gasteiger charge is -2.17. The summed E-state index contributed by atoms with van der Waals surface area (Å²) in [4.78, 5) is 21.4. The van der Waals surface area contributed by atoms with Crippen LogP contribution in [0.3, 0.4) is 0 Å². The van der Waals surface area contributed by atoms with Crippen molar-refractivity contribution in [1.29, 1.82) is 0 Å². The van der Waals surface area contributed by atoms with Crippen LogP contribution in [0.25, 0.3) is 33.4 Å². The van der Waals surface area contributed by atoms with Crippen LogP contribution in [0, 0.1) is 6.92 Å². The Labute approximate surface area is 184 Å². The van der Waals surface area contributed by atoms with Crippen molar-refractivity contribution in [1.82, 2.24) is 34.7 Å². The van der Waals surface area contributed by atoms with Gasteiger partial charge in [0.15, 0.2) is 0 Å².